The molecular formula is C15H23ClN2O2. The van der Waals surface area contributed by atoms with Gasteiger partial charge in [-0.15, -0.1) is 12.4 Å². The Hall–Kier alpha value is -1.10. The molecule has 0 spiro atoms. The summed E-state index contributed by atoms with van der Waals surface area (Å²) in [7, 11) is 0. The van der Waals surface area contributed by atoms with Crippen LogP contribution in [0.5, 0.6) is 0 Å². The molecule has 1 aliphatic rings. The average Bonchev–Trinajstić information content (AvgIpc) is 2.98. The molecule has 0 radical (unpaired) electrons. The van der Waals surface area contributed by atoms with Gasteiger partial charge in [-0.1, -0.05) is 30.3 Å². The largest absolute Gasteiger partial charge is 0.368 e. The number of rotatable bonds is 6. The summed E-state index contributed by atoms with van der Waals surface area (Å²) in [6.07, 6.45) is 2.43. The molecule has 2 rings (SSSR count). The molecule has 112 valence electrons. The topological polar surface area (TPSA) is 55.6 Å². The van der Waals surface area contributed by atoms with Crippen LogP contribution in [0.15, 0.2) is 30.3 Å². The molecule has 5 heteroatoms. The molecule has 1 aromatic rings. The van der Waals surface area contributed by atoms with E-state index >= 15 is 0 Å². The van der Waals surface area contributed by atoms with Crippen LogP contribution in [0.4, 0.5) is 0 Å². The van der Waals surface area contributed by atoms with Crippen molar-refractivity contribution in [2.24, 2.45) is 5.73 Å². The predicted molar refractivity (Wildman–Crippen MR) is 82.0 cm³/mol. The lowest BCUT2D eigenvalue weighted by atomic mass is 10.1. The molecule has 1 aliphatic heterocycles. The maximum Gasteiger partial charge on any atom is 0.251 e. The van der Waals surface area contributed by atoms with E-state index in [2.05, 4.69) is 12.1 Å². The summed E-state index contributed by atoms with van der Waals surface area (Å²) in [5.41, 5.74) is 6.84. The molecule has 4 nitrogen and oxygen atoms in total. The minimum absolute atomic E-state index is 0. The lowest BCUT2D eigenvalue weighted by Crippen LogP contribution is -2.42. The molecule has 0 aromatic heterocycles. The van der Waals surface area contributed by atoms with Crippen LogP contribution in [-0.4, -0.2) is 43.2 Å². The second-order valence-electron chi connectivity index (χ2n) is 4.85. The Kier molecular flexibility index (Phi) is 7.59. The highest BCUT2D eigenvalue weighted by atomic mass is 35.5. The van der Waals surface area contributed by atoms with Gasteiger partial charge in [0.25, 0.3) is 5.91 Å². The van der Waals surface area contributed by atoms with E-state index in [0.29, 0.717) is 26.2 Å². The second-order valence-corrected chi connectivity index (χ2v) is 4.85. The number of ether oxygens (including phenoxy) is 1. The Balaban J connectivity index is 0.00000200. The SMILES string of the molecule is Cl.NCCN(CCc1ccccc1)C(=O)C1CCCO1. The van der Waals surface area contributed by atoms with Crippen molar-refractivity contribution in [2.75, 3.05) is 26.2 Å². The maximum atomic E-state index is 12.3. The zero-order chi connectivity index (χ0) is 13.5. The van der Waals surface area contributed by atoms with E-state index in [0.717, 1.165) is 19.3 Å². The second kappa shape index (κ2) is 8.95. The third kappa shape index (κ3) is 4.78. The molecule has 1 saturated heterocycles. The Morgan fingerprint density at radius 1 is 1.30 bits per heavy atom. The fourth-order valence-corrected chi connectivity index (χ4v) is 2.37. The number of carbonyl (C=O) groups is 1. The Labute approximate surface area is 126 Å². The Bertz CT molecular complexity index is 394. The molecule has 0 bridgehead atoms. The van der Waals surface area contributed by atoms with Gasteiger partial charge in [-0.2, -0.15) is 0 Å². The third-order valence-corrected chi connectivity index (χ3v) is 3.43. The Morgan fingerprint density at radius 2 is 2.05 bits per heavy atom. The van der Waals surface area contributed by atoms with Crippen molar-refractivity contribution in [3.8, 4) is 0 Å². The molecule has 0 aliphatic carbocycles. The number of amides is 1. The number of nitrogens with two attached hydrogens (primary N) is 1. The van der Waals surface area contributed by atoms with Gasteiger partial charge in [0.2, 0.25) is 0 Å². The van der Waals surface area contributed by atoms with Gasteiger partial charge >= 0.3 is 0 Å². The first-order chi connectivity index (χ1) is 9.31. The maximum absolute atomic E-state index is 12.3. The predicted octanol–water partition coefficient (Wildman–Crippen LogP) is 1.62. The van der Waals surface area contributed by atoms with Crippen molar-refractivity contribution in [1.82, 2.24) is 4.90 Å². The van der Waals surface area contributed by atoms with E-state index in [1.807, 2.05) is 23.1 Å². The highest BCUT2D eigenvalue weighted by Crippen LogP contribution is 2.15. The summed E-state index contributed by atoms with van der Waals surface area (Å²) in [4.78, 5) is 14.1. The van der Waals surface area contributed by atoms with Gasteiger partial charge in [0.1, 0.15) is 6.10 Å². The van der Waals surface area contributed by atoms with Crippen LogP contribution in [0.3, 0.4) is 0 Å². The van der Waals surface area contributed by atoms with Gasteiger partial charge in [-0.25, -0.2) is 0 Å². The first-order valence-corrected chi connectivity index (χ1v) is 6.95. The number of nitrogens with zero attached hydrogens (tertiary/aromatic N) is 1. The number of carbonyl (C=O) groups excluding carboxylic acids is 1. The van der Waals surface area contributed by atoms with Gasteiger partial charge in [-0.3, -0.25) is 4.79 Å². The molecule has 1 fully saturated rings. The normalized spacial score (nSPS) is 17.6. The summed E-state index contributed by atoms with van der Waals surface area (Å²) in [6, 6.07) is 10.2. The van der Waals surface area contributed by atoms with Crippen LogP contribution < -0.4 is 5.73 Å². The van der Waals surface area contributed by atoms with Crippen LogP contribution in [0, 0.1) is 0 Å². The van der Waals surface area contributed by atoms with Crippen LogP contribution >= 0.6 is 12.4 Å². The van der Waals surface area contributed by atoms with E-state index in [9.17, 15) is 4.79 Å². The molecular weight excluding hydrogens is 276 g/mol. The summed E-state index contributed by atoms with van der Waals surface area (Å²) < 4.78 is 5.46. The van der Waals surface area contributed by atoms with Crippen LogP contribution in [0.1, 0.15) is 18.4 Å². The quantitative estimate of drug-likeness (QED) is 0.868. The average molecular weight is 299 g/mol. The van der Waals surface area contributed by atoms with Crippen molar-refractivity contribution in [2.45, 2.75) is 25.4 Å². The van der Waals surface area contributed by atoms with E-state index in [1.165, 1.54) is 5.56 Å². The van der Waals surface area contributed by atoms with Gasteiger partial charge < -0.3 is 15.4 Å². The van der Waals surface area contributed by atoms with Crippen LogP contribution in [-0.2, 0) is 16.0 Å². The number of halogens is 1. The fourth-order valence-electron chi connectivity index (χ4n) is 2.37. The van der Waals surface area contributed by atoms with E-state index in [1.54, 1.807) is 0 Å². The lowest BCUT2D eigenvalue weighted by molar-refractivity contribution is -0.140. The first-order valence-electron chi connectivity index (χ1n) is 6.95. The lowest BCUT2D eigenvalue weighted by Gasteiger charge is -2.24. The van der Waals surface area contributed by atoms with Gasteiger partial charge in [0, 0.05) is 26.2 Å². The monoisotopic (exact) mass is 298 g/mol. The first kappa shape index (κ1) is 17.0. The van der Waals surface area contributed by atoms with Crippen molar-refractivity contribution in [3.63, 3.8) is 0 Å². The molecule has 2 N–H and O–H groups in total. The molecule has 1 aromatic carbocycles. The molecule has 1 unspecified atom stereocenters. The molecule has 0 saturated carbocycles. The van der Waals surface area contributed by atoms with Crippen molar-refractivity contribution < 1.29 is 9.53 Å². The van der Waals surface area contributed by atoms with Crippen molar-refractivity contribution in [3.05, 3.63) is 35.9 Å². The Morgan fingerprint density at radius 3 is 2.65 bits per heavy atom. The zero-order valence-corrected chi connectivity index (χ0v) is 12.5. The number of hydrogen-bond acceptors (Lipinski definition) is 3. The van der Waals surface area contributed by atoms with Crippen molar-refractivity contribution >= 4 is 18.3 Å². The van der Waals surface area contributed by atoms with E-state index in [-0.39, 0.29) is 24.4 Å². The molecule has 1 amide bonds. The van der Waals surface area contributed by atoms with Gasteiger partial charge in [0.15, 0.2) is 0 Å². The molecule has 1 heterocycles. The fraction of sp³-hybridized carbons (Fsp3) is 0.533. The van der Waals surface area contributed by atoms with Crippen LogP contribution in [0.2, 0.25) is 0 Å². The number of hydrogen-bond donors (Lipinski definition) is 1. The highest BCUT2D eigenvalue weighted by molar-refractivity contribution is 5.85. The highest BCUT2D eigenvalue weighted by Gasteiger charge is 2.27. The summed E-state index contributed by atoms with van der Waals surface area (Å²) >= 11 is 0. The standard InChI is InChI=1S/C15H22N2O2.ClH/c16-9-11-17(15(18)14-7-4-12-19-14)10-8-13-5-2-1-3-6-13;/h1-3,5-6,14H,4,7-12,16H2;1H. The van der Waals surface area contributed by atoms with E-state index < -0.39 is 0 Å². The molecule has 20 heavy (non-hydrogen) atoms. The van der Waals surface area contributed by atoms with Gasteiger partial charge in [-0.05, 0) is 24.8 Å². The summed E-state index contributed by atoms with van der Waals surface area (Å²) in [6.45, 7) is 2.50. The summed E-state index contributed by atoms with van der Waals surface area (Å²) in [5.74, 6) is 0.0962. The third-order valence-electron chi connectivity index (χ3n) is 3.43. The van der Waals surface area contributed by atoms with Gasteiger partial charge in [0.05, 0.1) is 0 Å². The molecule has 1 atom stereocenters. The van der Waals surface area contributed by atoms with Crippen molar-refractivity contribution in [1.29, 1.82) is 0 Å². The summed E-state index contributed by atoms with van der Waals surface area (Å²) in [5, 5.41) is 0. The minimum Gasteiger partial charge on any atom is -0.368 e. The zero-order valence-electron chi connectivity index (χ0n) is 11.7. The smallest absolute Gasteiger partial charge is 0.251 e. The van der Waals surface area contributed by atoms with Crippen LogP contribution in [0.25, 0.3) is 0 Å². The minimum atomic E-state index is -0.248. The van der Waals surface area contributed by atoms with E-state index in [4.69, 9.17) is 10.5 Å². The number of benzene rings is 1.